The summed E-state index contributed by atoms with van der Waals surface area (Å²) in [5, 5.41) is 17.6. The maximum Gasteiger partial charge on any atom is 0.323 e. The molecule has 0 spiro atoms. The average Bonchev–Trinajstić information content (AvgIpc) is 2.03. The monoisotopic (exact) mass is 193 g/mol. The highest BCUT2D eigenvalue weighted by Gasteiger charge is 2.20. The van der Waals surface area contributed by atoms with Gasteiger partial charge in [-0.15, -0.1) is 0 Å². The van der Waals surface area contributed by atoms with Crippen LogP contribution in [0.2, 0.25) is 0 Å². The summed E-state index contributed by atoms with van der Waals surface area (Å²) >= 11 is 1.66. The van der Waals surface area contributed by atoms with E-state index in [4.69, 9.17) is 10.8 Å². The number of carboxylic acids is 1. The summed E-state index contributed by atoms with van der Waals surface area (Å²) in [5.41, 5.74) is 5.19. The molecule has 0 rings (SSSR count). The lowest BCUT2D eigenvalue weighted by Gasteiger charge is -2.13. The summed E-state index contributed by atoms with van der Waals surface area (Å²) in [7, 11) is 0. The first-order valence-electron chi connectivity index (χ1n) is 3.75. The number of hydrogen-bond acceptors (Lipinski definition) is 4. The molecular formula is C7H15NO3S. The number of rotatable bonds is 6. The van der Waals surface area contributed by atoms with Gasteiger partial charge in [0.25, 0.3) is 0 Å². The molecule has 12 heavy (non-hydrogen) atoms. The van der Waals surface area contributed by atoms with Crippen molar-refractivity contribution >= 4 is 17.7 Å². The molecule has 0 aliphatic rings. The predicted octanol–water partition coefficient (Wildman–Crippen LogP) is -0.0976. The summed E-state index contributed by atoms with van der Waals surface area (Å²) in [6, 6.07) is -1.15. The zero-order valence-electron chi connectivity index (χ0n) is 7.06. The van der Waals surface area contributed by atoms with E-state index in [2.05, 4.69) is 0 Å². The molecule has 0 saturated carbocycles. The third-order valence-electron chi connectivity index (χ3n) is 1.55. The van der Waals surface area contributed by atoms with E-state index in [1.54, 1.807) is 11.8 Å². The van der Waals surface area contributed by atoms with Crippen molar-refractivity contribution in [3.05, 3.63) is 0 Å². The van der Waals surface area contributed by atoms with Crippen molar-refractivity contribution in [2.45, 2.75) is 25.0 Å². The number of nitrogens with two attached hydrogens (primary N) is 1. The van der Waals surface area contributed by atoms with Gasteiger partial charge in [0.05, 0.1) is 6.10 Å². The molecule has 0 aliphatic heterocycles. The van der Waals surface area contributed by atoms with E-state index in [1.165, 1.54) is 0 Å². The van der Waals surface area contributed by atoms with Gasteiger partial charge in [0.15, 0.2) is 0 Å². The highest BCUT2D eigenvalue weighted by molar-refractivity contribution is 7.98. The van der Waals surface area contributed by atoms with Crippen LogP contribution in [0.15, 0.2) is 0 Å². The van der Waals surface area contributed by atoms with Crippen LogP contribution in [-0.4, -0.2) is 40.3 Å². The molecule has 0 saturated heterocycles. The second-order valence-electron chi connectivity index (χ2n) is 2.57. The van der Waals surface area contributed by atoms with Crippen LogP contribution in [-0.2, 0) is 4.79 Å². The Kier molecular flexibility index (Phi) is 6.14. The maximum absolute atomic E-state index is 10.3. The predicted molar refractivity (Wildman–Crippen MR) is 49.2 cm³/mol. The van der Waals surface area contributed by atoms with Gasteiger partial charge in [-0.05, 0) is 24.9 Å². The summed E-state index contributed by atoms with van der Waals surface area (Å²) in [6.45, 7) is 0. The van der Waals surface area contributed by atoms with Crippen LogP contribution < -0.4 is 5.73 Å². The van der Waals surface area contributed by atoms with Gasteiger partial charge in [0, 0.05) is 0 Å². The van der Waals surface area contributed by atoms with Crippen molar-refractivity contribution in [3.63, 3.8) is 0 Å². The third kappa shape index (κ3) is 4.58. The quantitative estimate of drug-likeness (QED) is 0.513. The molecule has 4 nitrogen and oxygen atoms in total. The van der Waals surface area contributed by atoms with Crippen LogP contribution in [0.25, 0.3) is 0 Å². The zero-order chi connectivity index (χ0) is 9.56. The van der Waals surface area contributed by atoms with E-state index < -0.39 is 18.1 Å². The molecule has 0 amide bonds. The van der Waals surface area contributed by atoms with E-state index in [0.29, 0.717) is 6.42 Å². The lowest BCUT2D eigenvalue weighted by Crippen LogP contribution is -2.41. The number of aliphatic carboxylic acids is 1. The maximum atomic E-state index is 10.3. The Balaban J connectivity index is 3.56. The van der Waals surface area contributed by atoms with Crippen molar-refractivity contribution in [2.24, 2.45) is 5.73 Å². The van der Waals surface area contributed by atoms with Crippen LogP contribution in [0.3, 0.4) is 0 Å². The van der Waals surface area contributed by atoms with E-state index in [9.17, 15) is 9.90 Å². The van der Waals surface area contributed by atoms with Crippen molar-refractivity contribution in [3.8, 4) is 0 Å². The fourth-order valence-corrected chi connectivity index (χ4v) is 1.24. The SMILES string of the molecule is CSCCCC(O)C(N)C(=O)O. The summed E-state index contributed by atoms with van der Waals surface area (Å²) in [6.07, 6.45) is 2.29. The molecule has 72 valence electrons. The second-order valence-corrected chi connectivity index (χ2v) is 3.55. The molecule has 2 atom stereocenters. The molecule has 0 aromatic rings. The molecule has 0 radical (unpaired) electrons. The Bertz CT molecular complexity index is 143. The van der Waals surface area contributed by atoms with Gasteiger partial charge in [0.1, 0.15) is 6.04 Å². The minimum Gasteiger partial charge on any atom is -0.480 e. The fraction of sp³-hybridized carbons (Fsp3) is 0.857. The normalized spacial score (nSPS) is 15.6. The Morgan fingerprint density at radius 2 is 2.25 bits per heavy atom. The van der Waals surface area contributed by atoms with Crippen LogP contribution in [0.4, 0.5) is 0 Å². The van der Waals surface area contributed by atoms with Gasteiger partial charge in [-0.1, -0.05) is 0 Å². The van der Waals surface area contributed by atoms with E-state index >= 15 is 0 Å². The standard InChI is InChI=1S/C7H15NO3S/c1-12-4-2-3-5(9)6(8)7(10)11/h5-6,9H,2-4,8H2,1H3,(H,10,11). The van der Waals surface area contributed by atoms with Gasteiger partial charge in [-0.25, -0.2) is 0 Å². The Morgan fingerprint density at radius 1 is 1.67 bits per heavy atom. The van der Waals surface area contributed by atoms with Crippen molar-refractivity contribution in [1.82, 2.24) is 0 Å². The highest BCUT2D eigenvalue weighted by Crippen LogP contribution is 2.05. The van der Waals surface area contributed by atoms with E-state index in [-0.39, 0.29) is 0 Å². The minimum absolute atomic E-state index is 0.453. The van der Waals surface area contributed by atoms with Gasteiger partial charge in [-0.2, -0.15) is 11.8 Å². The molecule has 0 bridgehead atoms. The van der Waals surface area contributed by atoms with Crippen LogP contribution in [0.1, 0.15) is 12.8 Å². The van der Waals surface area contributed by atoms with E-state index in [0.717, 1.165) is 12.2 Å². The largest absolute Gasteiger partial charge is 0.480 e. The molecule has 0 aromatic carbocycles. The molecule has 0 aromatic heterocycles. The number of thioether (sulfide) groups is 1. The minimum atomic E-state index is -1.15. The zero-order valence-corrected chi connectivity index (χ0v) is 7.88. The average molecular weight is 193 g/mol. The fourth-order valence-electron chi connectivity index (χ4n) is 0.781. The topological polar surface area (TPSA) is 83.5 Å². The lowest BCUT2D eigenvalue weighted by atomic mass is 10.1. The van der Waals surface area contributed by atoms with Gasteiger partial charge in [0.2, 0.25) is 0 Å². The Hall–Kier alpha value is -0.260. The molecule has 5 heteroatoms. The van der Waals surface area contributed by atoms with Gasteiger partial charge in [-0.3, -0.25) is 4.79 Å². The number of hydrogen-bond donors (Lipinski definition) is 3. The van der Waals surface area contributed by atoms with Crippen molar-refractivity contribution in [2.75, 3.05) is 12.0 Å². The first kappa shape index (κ1) is 11.7. The molecule has 4 N–H and O–H groups in total. The summed E-state index contributed by atoms with van der Waals surface area (Å²) in [4.78, 5) is 10.3. The van der Waals surface area contributed by atoms with Crippen molar-refractivity contribution < 1.29 is 15.0 Å². The number of carbonyl (C=O) groups is 1. The highest BCUT2D eigenvalue weighted by atomic mass is 32.2. The van der Waals surface area contributed by atoms with Gasteiger partial charge < -0.3 is 15.9 Å². The number of aliphatic hydroxyl groups is 1. The van der Waals surface area contributed by atoms with Gasteiger partial charge >= 0.3 is 5.97 Å². The van der Waals surface area contributed by atoms with Crippen LogP contribution in [0, 0.1) is 0 Å². The summed E-state index contributed by atoms with van der Waals surface area (Å²) < 4.78 is 0. The Labute approximate surface area is 76.1 Å². The smallest absolute Gasteiger partial charge is 0.323 e. The Morgan fingerprint density at radius 3 is 2.67 bits per heavy atom. The number of aliphatic hydroxyl groups excluding tert-OH is 1. The van der Waals surface area contributed by atoms with Crippen molar-refractivity contribution in [1.29, 1.82) is 0 Å². The molecule has 0 fully saturated rings. The third-order valence-corrected chi connectivity index (χ3v) is 2.24. The number of carboxylic acid groups (broad SMARTS) is 1. The van der Waals surface area contributed by atoms with Crippen LogP contribution in [0.5, 0.6) is 0 Å². The first-order chi connectivity index (χ1) is 5.59. The first-order valence-corrected chi connectivity index (χ1v) is 5.14. The second kappa shape index (κ2) is 6.28. The molecule has 0 heterocycles. The van der Waals surface area contributed by atoms with Crippen LogP contribution >= 0.6 is 11.8 Å². The molecule has 0 aliphatic carbocycles. The lowest BCUT2D eigenvalue weighted by molar-refractivity contribution is -0.141. The molecule has 2 unspecified atom stereocenters. The van der Waals surface area contributed by atoms with E-state index in [1.807, 2.05) is 6.26 Å². The molecular weight excluding hydrogens is 178 g/mol. The summed E-state index contributed by atoms with van der Waals surface area (Å²) in [5.74, 6) is -0.227.